The van der Waals surface area contributed by atoms with Gasteiger partial charge in [0, 0.05) is 70.8 Å². The summed E-state index contributed by atoms with van der Waals surface area (Å²) in [6.07, 6.45) is 40.6. The van der Waals surface area contributed by atoms with E-state index in [-0.39, 0.29) is 49.5 Å². The molecule has 3 saturated heterocycles. The molecule has 8 rings (SSSR count). The number of hydrogen-bond acceptors (Lipinski definition) is 11. The molecule has 8 heterocycles. The van der Waals surface area contributed by atoms with Crippen LogP contribution < -0.4 is 25.8 Å². The molecule has 4 aliphatic rings. The number of aryl methyl sites for hydroxylation is 2. The van der Waals surface area contributed by atoms with Gasteiger partial charge >= 0.3 is 0 Å². The molecule has 0 spiro atoms. The molecule has 4 aromatic rings. The summed E-state index contributed by atoms with van der Waals surface area (Å²) >= 11 is 5.27. The SMILES string of the molecule is CCCCCCCCCCCCCCC(=O)Cl.CCCCCCCCCCCCCCC(=O)N1CCC(c2cc(Nc3cc(C)ccn3)nc(N3CCC(F)(F)C3)c2)CC1.Cc1ccnc(Nc2cc(C3=CCNCC3)cc(N3CCC(F)(F)C3)n2)c1. The van der Waals surface area contributed by atoms with Crippen LogP contribution in [0.2, 0.25) is 0 Å². The average molecular weight is 1230 g/mol. The number of hydrogen-bond donors (Lipinski definition) is 3. The summed E-state index contributed by atoms with van der Waals surface area (Å²) in [4.78, 5) is 46.8. The lowest BCUT2D eigenvalue weighted by atomic mass is 9.89. The van der Waals surface area contributed by atoms with E-state index in [0.717, 1.165) is 93.4 Å². The third-order valence-corrected chi connectivity index (χ3v) is 17.4. The molecule has 0 atom stereocenters. The van der Waals surface area contributed by atoms with E-state index >= 15 is 0 Å². The number of halogens is 5. The highest BCUT2D eigenvalue weighted by molar-refractivity contribution is 6.63. The molecule has 0 unspecified atom stereocenters. The van der Waals surface area contributed by atoms with Gasteiger partial charge in [0.25, 0.3) is 11.8 Å². The van der Waals surface area contributed by atoms with E-state index in [4.69, 9.17) is 16.6 Å². The van der Waals surface area contributed by atoms with Crippen molar-refractivity contribution in [2.75, 3.05) is 72.8 Å². The van der Waals surface area contributed by atoms with Crippen LogP contribution in [0.3, 0.4) is 0 Å². The van der Waals surface area contributed by atoms with Gasteiger partial charge in [-0.2, -0.15) is 0 Å². The Morgan fingerprint density at radius 3 is 1.45 bits per heavy atom. The number of anilines is 6. The second-order valence-electron chi connectivity index (χ2n) is 25.0. The van der Waals surface area contributed by atoms with E-state index in [2.05, 4.69) is 50.8 Å². The minimum Gasteiger partial charge on any atom is -0.350 e. The van der Waals surface area contributed by atoms with E-state index in [1.54, 1.807) is 22.2 Å². The van der Waals surface area contributed by atoms with Gasteiger partial charge in [-0.1, -0.05) is 161 Å². The second-order valence-corrected chi connectivity index (χ2v) is 25.4. The number of nitrogens with zero attached hydrogens (tertiary/aromatic N) is 7. The molecule has 12 nitrogen and oxygen atoms in total. The van der Waals surface area contributed by atoms with Crippen LogP contribution in [-0.4, -0.2) is 100 Å². The van der Waals surface area contributed by atoms with Gasteiger partial charge in [-0.15, -0.1) is 0 Å². The number of amides is 1. The van der Waals surface area contributed by atoms with Gasteiger partial charge in [-0.3, -0.25) is 9.59 Å². The number of unbranched alkanes of at least 4 members (excludes halogenated alkanes) is 22. The molecule has 3 fully saturated rings. The topological polar surface area (TPSA) is 132 Å². The molecular weight excluding hydrogens is 1120 g/mol. The number of likely N-dealkylation sites (tertiary alicyclic amines) is 1. The predicted molar refractivity (Wildman–Crippen MR) is 353 cm³/mol. The van der Waals surface area contributed by atoms with Crippen molar-refractivity contribution in [3.05, 3.63) is 89.3 Å². The summed E-state index contributed by atoms with van der Waals surface area (Å²) in [6, 6.07) is 15.6. The molecule has 4 aromatic heterocycles. The largest absolute Gasteiger partial charge is 0.350 e. The van der Waals surface area contributed by atoms with Crippen molar-refractivity contribution in [3.8, 4) is 0 Å². The number of piperidine rings is 1. The maximum atomic E-state index is 14.1. The molecule has 0 aliphatic carbocycles. The lowest BCUT2D eigenvalue weighted by Crippen LogP contribution is -2.37. The molecule has 1 amide bonds. The third kappa shape index (κ3) is 27.5. The van der Waals surface area contributed by atoms with E-state index in [1.165, 1.54) is 134 Å². The third-order valence-electron chi connectivity index (χ3n) is 17.2. The molecule has 87 heavy (non-hydrogen) atoms. The zero-order chi connectivity index (χ0) is 62.1. The maximum Gasteiger partial charge on any atom is 0.266 e. The fourth-order valence-corrected chi connectivity index (χ4v) is 12.1. The van der Waals surface area contributed by atoms with Crippen LogP contribution in [0.5, 0.6) is 0 Å². The minimum absolute atomic E-state index is 0.131. The van der Waals surface area contributed by atoms with Gasteiger partial charge in [0.15, 0.2) is 0 Å². The van der Waals surface area contributed by atoms with Gasteiger partial charge in [-0.05, 0) is 146 Å². The number of alkyl halides is 4. The van der Waals surface area contributed by atoms with E-state index in [0.29, 0.717) is 54.3 Å². The first-order chi connectivity index (χ1) is 42.1. The van der Waals surface area contributed by atoms with Gasteiger partial charge in [0.2, 0.25) is 11.1 Å². The molecular formula is C70H105ClF4N10O2. The lowest BCUT2D eigenvalue weighted by molar-refractivity contribution is -0.132. The summed E-state index contributed by atoms with van der Waals surface area (Å²) in [7, 11) is 0. The van der Waals surface area contributed by atoms with Crippen LogP contribution in [-0.2, 0) is 9.59 Å². The van der Waals surface area contributed by atoms with E-state index < -0.39 is 11.8 Å². The molecule has 482 valence electrons. The van der Waals surface area contributed by atoms with Crippen molar-refractivity contribution >= 4 is 63.2 Å². The Balaban J connectivity index is 0.000000233. The van der Waals surface area contributed by atoms with Crippen LogP contribution in [0, 0.1) is 13.8 Å². The van der Waals surface area contributed by atoms with Crippen molar-refractivity contribution < 1.29 is 27.2 Å². The average Bonchev–Trinajstić information content (AvgIpc) is 3.79. The van der Waals surface area contributed by atoms with Crippen LogP contribution in [0.4, 0.5) is 52.5 Å². The van der Waals surface area contributed by atoms with Gasteiger partial charge in [-0.25, -0.2) is 37.5 Å². The van der Waals surface area contributed by atoms with Gasteiger partial charge in [0.1, 0.15) is 34.9 Å². The fourth-order valence-electron chi connectivity index (χ4n) is 12.0. The number of rotatable bonds is 34. The Bertz CT molecular complexity index is 2670. The molecule has 17 heteroatoms. The highest BCUT2D eigenvalue weighted by atomic mass is 35.5. The zero-order valence-corrected chi connectivity index (χ0v) is 54.1. The molecule has 0 bridgehead atoms. The summed E-state index contributed by atoms with van der Waals surface area (Å²) in [5.74, 6) is -1.05. The van der Waals surface area contributed by atoms with Gasteiger partial charge < -0.3 is 30.7 Å². The predicted octanol–water partition coefficient (Wildman–Crippen LogP) is 18.8. The Kier molecular flexibility index (Phi) is 31.6. The Hall–Kier alpha value is -5.35. The van der Waals surface area contributed by atoms with Crippen LogP contribution in [0.1, 0.15) is 241 Å². The molecule has 0 aromatic carbocycles. The second kappa shape index (κ2) is 38.9. The minimum atomic E-state index is -2.69. The number of pyridine rings is 4. The Morgan fingerprint density at radius 2 is 1.02 bits per heavy atom. The van der Waals surface area contributed by atoms with Crippen LogP contribution in [0.15, 0.2) is 67.0 Å². The Morgan fingerprint density at radius 1 is 0.575 bits per heavy atom. The normalized spacial score (nSPS) is 16.4. The number of carbonyl (C=O) groups excluding carboxylic acids is 2. The van der Waals surface area contributed by atoms with Crippen molar-refractivity contribution in [1.29, 1.82) is 0 Å². The van der Waals surface area contributed by atoms with Crippen molar-refractivity contribution in [3.63, 3.8) is 0 Å². The fraction of sp³-hybridized carbons (Fsp3) is 0.657. The first kappa shape index (κ1) is 70.7. The van der Waals surface area contributed by atoms with Crippen LogP contribution >= 0.6 is 11.6 Å². The van der Waals surface area contributed by atoms with Crippen molar-refractivity contribution in [2.24, 2.45) is 0 Å². The summed E-state index contributed by atoms with van der Waals surface area (Å²) < 4.78 is 55.5. The monoisotopic (exact) mass is 1230 g/mol. The number of aromatic nitrogens is 4. The van der Waals surface area contributed by atoms with Crippen LogP contribution in [0.25, 0.3) is 5.57 Å². The first-order valence-corrected chi connectivity index (χ1v) is 34.0. The van der Waals surface area contributed by atoms with Crippen molar-refractivity contribution in [1.82, 2.24) is 30.2 Å². The lowest BCUT2D eigenvalue weighted by Gasteiger charge is -2.33. The number of nitrogens with one attached hydrogen (secondary N) is 3. The quantitative estimate of drug-likeness (QED) is 0.0235. The molecule has 0 radical (unpaired) electrons. The smallest absolute Gasteiger partial charge is 0.266 e. The zero-order valence-electron chi connectivity index (χ0n) is 53.3. The maximum absolute atomic E-state index is 14.1. The summed E-state index contributed by atoms with van der Waals surface area (Å²) in [5, 5.41) is 9.64. The van der Waals surface area contributed by atoms with E-state index in [9.17, 15) is 27.2 Å². The molecule has 0 saturated carbocycles. The first-order valence-electron chi connectivity index (χ1n) is 33.6. The van der Waals surface area contributed by atoms with Crippen molar-refractivity contribution in [2.45, 2.75) is 245 Å². The summed E-state index contributed by atoms with van der Waals surface area (Å²) in [6.45, 7) is 11.7. The van der Waals surface area contributed by atoms with E-state index in [1.807, 2.05) is 67.3 Å². The molecule has 3 N–H and O–H groups in total. The number of carbonyl (C=O) groups is 2. The van der Waals surface area contributed by atoms with Gasteiger partial charge in [0.05, 0.1) is 13.1 Å². The molecule has 4 aliphatic heterocycles. The summed E-state index contributed by atoms with van der Waals surface area (Å²) in [5.41, 5.74) is 5.48. The highest BCUT2D eigenvalue weighted by Crippen LogP contribution is 2.37. The Labute approximate surface area is 524 Å². The standard InChI is InChI=1S/C35H53F2N5O.C20H23F2N5.C15H29ClO/c1-3-4-5-6-7-8-9-10-11-12-13-14-15-34(43)41-21-17-29(18-22-41)30-25-32(39-31-24-28(2)16-20-38-31)40-33(26-30)42-23-19-35(36,37)27-42;1-14-2-8-24-17(10-14)25-18-11-16(15-3-6-23-7-4-15)12-19(26-18)27-9-5-20(21,22)13-27;1-2-3-4-5-6-7-8-9-10-11-12-13-14-15(16)17/h16,20,24-26,29H,3-15,17-19,21-23,27H2,1-2H3,(H,38,39,40);2-3,8,10-12,23H,4-7,9,13H2,1H3,(H,24,25,26);2-14H2,1H3. The highest BCUT2D eigenvalue weighted by Gasteiger charge is 2.40.